The van der Waals surface area contributed by atoms with Crippen LogP contribution in [0.1, 0.15) is 34.0 Å². The Kier molecular flexibility index (Phi) is 7.94. The van der Waals surface area contributed by atoms with E-state index in [1.54, 1.807) is 34.2 Å². The number of benzene rings is 3. The molecule has 1 aliphatic rings. The molecule has 3 aromatic carbocycles. The van der Waals surface area contributed by atoms with Crippen molar-refractivity contribution >= 4 is 46.5 Å². The van der Waals surface area contributed by atoms with Gasteiger partial charge in [-0.15, -0.1) is 0 Å². The van der Waals surface area contributed by atoms with Gasteiger partial charge in [-0.1, -0.05) is 18.2 Å². The van der Waals surface area contributed by atoms with Crippen molar-refractivity contribution in [3.63, 3.8) is 0 Å². The maximum Gasteiger partial charge on any atom is 0.416 e. The minimum absolute atomic E-state index is 0.132. The van der Waals surface area contributed by atoms with Gasteiger partial charge in [0.1, 0.15) is 5.82 Å². The summed E-state index contributed by atoms with van der Waals surface area (Å²) in [7, 11) is 3.90. The van der Waals surface area contributed by atoms with Gasteiger partial charge in [-0.25, -0.2) is 9.78 Å². The molecule has 0 bridgehead atoms. The van der Waals surface area contributed by atoms with Gasteiger partial charge in [0.15, 0.2) is 0 Å². The van der Waals surface area contributed by atoms with Crippen LogP contribution in [-0.2, 0) is 12.7 Å². The predicted molar refractivity (Wildman–Crippen MR) is 161 cm³/mol. The summed E-state index contributed by atoms with van der Waals surface area (Å²) in [5.41, 5.74) is 3.14. The number of amides is 3. The Hall–Kier alpha value is -5.13. The van der Waals surface area contributed by atoms with Crippen molar-refractivity contribution in [2.45, 2.75) is 26.6 Å². The zero-order valence-corrected chi connectivity index (χ0v) is 24.0. The number of carbonyl (C=O) groups is 2. The van der Waals surface area contributed by atoms with Crippen molar-refractivity contribution in [3.05, 3.63) is 95.2 Å². The number of rotatable bonds is 7. The quantitative estimate of drug-likeness (QED) is 0.245. The Morgan fingerprint density at radius 2 is 1.79 bits per heavy atom. The van der Waals surface area contributed by atoms with Crippen LogP contribution < -0.4 is 25.3 Å². The Bertz CT molecular complexity index is 1690. The molecule has 1 aliphatic heterocycles. The lowest BCUT2D eigenvalue weighted by molar-refractivity contribution is -0.137. The molecule has 0 spiro atoms. The summed E-state index contributed by atoms with van der Waals surface area (Å²) in [6.45, 7) is 4.21. The standard InChI is InChI=1S/C31H30F3N7O2/c1-5-40-27-21(17-35-29(38-27)37-23-10-7-11-25(15-23)39(3)4)18-41(30(40)43)26-16-24(13-12-19(26)2)36-28(42)20-8-6-9-22(14-20)31(32,33)34/h6-17H,5,18H2,1-4H3,(H,36,42)(H,35,37,38). The van der Waals surface area contributed by atoms with Crippen LogP contribution in [0, 0.1) is 6.92 Å². The lowest BCUT2D eigenvalue weighted by Crippen LogP contribution is -2.48. The highest BCUT2D eigenvalue weighted by Crippen LogP contribution is 2.35. The topological polar surface area (TPSA) is 93.7 Å². The molecule has 0 atom stereocenters. The second-order valence-corrected chi connectivity index (χ2v) is 10.3. The normalized spacial score (nSPS) is 13.0. The molecule has 0 unspecified atom stereocenters. The van der Waals surface area contributed by atoms with Gasteiger partial charge in [-0.3, -0.25) is 14.6 Å². The van der Waals surface area contributed by atoms with Crippen LogP contribution in [0.4, 0.5) is 52.5 Å². The fourth-order valence-electron chi connectivity index (χ4n) is 4.76. The summed E-state index contributed by atoms with van der Waals surface area (Å²) in [6.07, 6.45) is -2.89. The second-order valence-electron chi connectivity index (χ2n) is 10.3. The van der Waals surface area contributed by atoms with E-state index < -0.39 is 17.6 Å². The molecule has 2 N–H and O–H groups in total. The van der Waals surface area contributed by atoms with E-state index in [2.05, 4.69) is 20.6 Å². The summed E-state index contributed by atoms with van der Waals surface area (Å²) in [5, 5.41) is 5.86. The summed E-state index contributed by atoms with van der Waals surface area (Å²) in [5.74, 6) is 0.150. The average molecular weight is 590 g/mol. The van der Waals surface area contributed by atoms with Gasteiger partial charge in [0.05, 0.1) is 17.8 Å². The number of hydrogen-bond acceptors (Lipinski definition) is 6. The maximum atomic E-state index is 13.7. The second kappa shape index (κ2) is 11.6. The molecule has 0 radical (unpaired) electrons. The van der Waals surface area contributed by atoms with Gasteiger partial charge >= 0.3 is 12.2 Å². The van der Waals surface area contributed by atoms with E-state index in [1.165, 1.54) is 12.1 Å². The fraction of sp³-hybridized carbons (Fsp3) is 0.226. The van der Waals surface area contributed by atoms with Gasteiger partial charge in [0, 0.05) is 55.0 Å². The molecule has 43 heavy (non-hydrogen) atoms. The van der Waals surface area contributed by atoms with Crippen LogP contribution in [0.5, 0.6) is 0 Å². The largest absolute Gasteiger partial charge is 0.416 e. The molecule has 2 heterocycles. The van der Waals surface area contributed by atoms with E-state index in [-0.39, 0.29) is 18.1 Å². The summed E-state index contributed by atoms with van der Waals surface area (Å²) >= 11 is 0. The molecule has 0 fully saturated rings. The number of nitrogens with one attached hydrogen (secondary N) is 2. The first-order chi connectivity index (χ1) is 20.4. The van der Waals surface area contributed by atoms with Crippen LogP contribution in [0.15, 0.2) is 72.9 Å². The molecule has 1 aromatic heterocycles. The number of aromatic nitrogens is 2. The summed E-state index contributed by atoms with van der Waals surface area (Å²) in [4.78, 5) is 40.8. The number of hydrogen-bond donors (Lipinski definition) is 2. The van der Waals surface area contributed by atoms with E-state index >= 15 is 0 Å². The van der Waals surface area contributed by atoms with E-state index in [0.29, 0.717) is 29.7 Å². The van der Waals surface area contributed by atoms with E-state index in [0.717, 1.165) is 34.6 Å². The molecule has 9 nitrogen and oxygen atoms in total. The van der Waals surface area contributed by atoms with Gasteiger partial charge in [0.25, 0.3) is 5.91 Å². The lowest BCUT2D eigenvalue weighted by Gasteiger charge is -2.36. The van der Waals surface area contributed by atoms with Crippen LogP contribution >= 0.6 is 0 Å². The van der Waals surface area contributed by atoms with Gasteiger partial charge in [-0.05, 0) is 67.9 Å². The number of urea groups is 1. The van der Waals surface area contributed by atoms with Gasteiger partial charge in [-0.2, -0.15) is 18.2 Å². The molecule has 5 rings (SSSR count). The van der Waals surface area contributed by atoms with Crippen molar-refractivity contribution in [1.29, 1.82) is 0 Å². The number of halogens is 3. The molecule has 12 heteroatoms. The van der Waals surface area contributed by atoms with Crippen molar-refractivity contribution in [3.8, 4) is 0 Å². The minimum Gasteiger partial charge on any atom is -0.378 e. The number of nitrogens with zero attached hydrogens (tertiary/aromatic N) is 5. The molecule has 0 saturated carbocycles. The number of anilines is 6. The smallest absolute Gasteiger partial charge is 0.378 e. The van der Waals surface area contributed by atoms with E-state index in [4.69, 9.17) is 0 Å². The molecule has 4 aromatic rings. The number of aryl methyl sites for hydroxylation is 1. The third-order valence-electron chi connectivity index (χ3n) is 7.03. The number of fused-ring (bicyclic) bond motifs is 1. The van der Waals surface area contributed by atoms with Crippen molar-refractivity contribution in [1.82, 2.24) is 9.97 Å². The highest BCUT2D eigenvalue weighted by molar-refractivity contribution is 6.07. The minimum atomic E-state index is -4.57. The number of carbonyl (C=O) groups excluding carboxylic acids is 2. The number of alkyl halides is 3. The highest BCUT2D eigenvalue weighted by atomic mass is 19.4. The molecule has 3 amide bonds. The molecular formula is C31H30F3N7O2. The first-order valence-electron chi connectivity index (χ1n) is 13.5. The average Bonchev–Trinajstić information content (AvgIpc) is 2.98. The third kappa shape index (κ3) is 6.22. The van der Waals surface area contributed by atoms with Crippen LogP contribution in [-0.4, -0.2) is 42.5 Å². The summed E-state index contributed by atoms with van der Waals surface area (Å²) in [6, 6.07) is 16.7. The Labute approximate surface area is 247 Å². The molecule has 0 saturated heterocycles. The predicted octanol–water partition coefficient (Wildman–Crippen LogP) is 6.83. The van der Waals surface area contributed by atoms with E-state index in [9.17, 15) is 22.8 Å². The fourth-order valence-corrected chi connectivity index (χ4v) is 4.76. The highest BCUT2D eigenvalue weighted by Gasteiger charge is 2.33. The first-order valence-corrected chi connectivity index (χ1v) is 13.5. The Morgan fingerprint density at radius 1 is 1.02 bits per heavy atom. The van der Waals surface area contributed by atoms with E-state index in [1.807, 2.05) is 57.1 Å². The van der Waals surface area contributed by atoms with Crippen molar-refractivity contribution < 1.29 is 22.8 Å². The Balaban J connectivity index is 1.39. The Morgan fingerprint density at radius 3 is 2.51 bits per heavy atom. The zero-order chi connectivity index (χ0) is 30.9. The summed E-state index contributed by atoms with van der Waals surface area (Å²) < 4.78 is 39.4. The molecule has 0 aliphatic carbocycles. The third-order valence-corrected chi connectivity index (χ3v) is 7.03. The monoisotopic (exact) mass is 589 g/mol. The van der Waals surface area contributed by atoms with Gasteiger partial charge in [0.2, 0.25) is 5.95 Å². The maximum absolute atomic E-state index is 13.7. The first kappa shape index (κ1) is 29.4. The van der Waals surface area contributed by atoms with Crippen LogP contribution in [0.2, 0.25) is 0 Å². The van der Waals surface area contributed by atoms with Crippen molar-refractivity contribution in [2.75, 3.05) is 46.0 Å². The lowest BCUT2D eigenvalue weighted by atomic mass is 10.1. The van der Waals surface area contributed by atoms with Crippen molar-refractivity contribution in [2.24, 2.45) is 0 Å². The van der Waals surface area contributed by atoms with Gasteiger partial charge < -0.3 is 15.5 Å². The van der Waals surface area contributed by atoms with Crippen LogP contribution in [0.25, 0.3) is 0 Å². The molecular weight excluding hydrogens is 559 g/mol. The van der Waals surface area contributed by atoms with Crippen LogP contribution in [0.3, 0.4) is 0 Å². The SMILES string of the molecule is CCN1C(=O)N(c2cc(NC(=O)c3cccc(C(F)(F)F)c3)ccc2C)Cc2cnc(Nc3cccc(N(C)C)c3)nc21. The zero-order valence-electron chi connectivity index (χ0n) is 24.0. The molecule has 222 valence electrons.